The smallest absolute Gasteiger partial charge is 0.263 e. The number of nitrogens with one attached hydrogen (secondary N) is 1. The Kier molecular flexibility index (Phi) is 5.27. The van der Waals surface area contributed by atoms with Crippen LogP contribution in [0.5, 0.6) is 5.75 Å². The van der Waals surface area contributed by atoms with Gasteiger partial charge in [-0.2, -0.15) is 0 Å². The van der Waals surface area contributed by atoms with Gasteiger partial charge in [-0.15, -0.1) is 0 Å². The molecule has 4 aromatic rings. The van der Waals surface area contributed by atoms with E-state index < -0.39 is 0 Å². The van der Waals surface area contributed by atoms with Gasteiger partial charge in [0.15, 0.2) is 12.0 Å². The summed E-state index contributed by atoms with van der Waals surface area (Å²) in [5.41, 5.74) is 1.37. The van der Waals surface area contributed by atoms with Crippen LogP contribution in [0.15, 0.2) is 82.3 Å². The van der Waals surface area contributed by atoms with Crippen LogP contribution in [-0.4, -0.2) is 17.5 Å². The lowest BCUT2D eigenvalue weighted by Gasteiger charge is -2.08. The monoisotopic (exact) mass is 406 g/mol. The summed E-state index contributed by atoms with van der Waals surface area (Å²) in [6.07, 6.45) is 2.99. The van der Waals surface area contributed by atoms with Crippen LogP contribution in [0.4, 0.5) is 5.82 Å². The third-order valence-electron chi connectivity index (χ3n) is 4.20. The second-order valence-electron chi connectivity index (χ2n) is 6.20. The van der Waals surface area contributed by atoms with E-state index in [0.717, 1.165) is 5.56 Å². The van der Waals surface area contributed by atoms with Crippen LogP contribution in [0.2, 0.25) is 5.02 Å². The van der Waals surface area contributed by atoms with Gasteiger partial charge in [0.2, 0.25) is 0 Å². The molecule has 0 fully saturated rings. The molecule has 7 heteroatoms. The Bertz CT molecular complexity index is 1220. The van der Waals surface area contributed by atoms with Crippen molar-refractivity contribution in [2.45, 2.75) is 0 Å². The Morgan fingerprint density at radius 2 is 1.93 bits per heavy atom. The highest BCUT2D eigenvalue weighted by molar-refractivity contribution is 6.30. The lowest BCUT2D eigenvalue weighted by Crippen LogP contribution is -2.20. The predicted molar refractivity (Wildman–Crippen MR) is 111 cm³/mol. The highest BCUT2D eigenvalue weighted by Crippen LogP contribution is 2.24. The normalized spacial score (nSPS) is 10.7. The number of anilines is 1. The molecule has 0 unspecified atom stereocenters. The molecular weight excluding hydrogens is 392 g/mol. The molecule has 1 N–H and O–H groups in total. The molecule has 6 nitrogen and oxygen atoms in total. The van der Waals surface area contributed by atoms with Crippen molar-refractivity contribution in [3.63, 3.8) is 0 Å². The molecule has 0 atom stereocenters. The minimum absolute atomic E-state index is 0.159. The number of fused-ring (bicyclic) bond motifs is 1. The molecule has 2 heterocycles. The fourth-order valence-corrected chi connectivity index (χ4v) is 2.92. The summed E-state index contributed by atoms with van der Waals surface area (Å²) in [4.78, 5) is 28.8. The van der Waals surface area contributed by atoms with Crippen LogP contribution in [0, 0.1) is 0 Å². The van der Waals surface area contributed by atoms with Crippen LogP contribution in [0.3, 0.4) is 0 Å². The molecule has 0 saturated heterocycles. The van der Waals surface area contributed by atoms with Crippen LogP contribution in [0.1, 0.15) is 0 Å². The molecule has 0 aliphatic carbocycles. The van der Waals surface area contributed by atoms with Crippen molar-refractivity contribution < 1.29 is 13.9 Å². The molecule has 0 spiro atoms. The van der Waals surface area contributed by atoms with E-state index in [1.54, 1.807) is 66.9 Å². The SMILES string of the molecule is O=C(COc1ccc2c(=O)c(-c3ccc(Cl)cc3)coc2c1)Nc1ccccn1. The van der Waals surface area contributed by atoms with Crippen molar-refractivity contribution in [3.8, 4) is 16.9 Å². The molecule has 0 bridgehead atoms. The number of halogens is 1. The summed E-state index contributed by atoms with van der Waals surface area (Å²) in [7, 11) is 0. The number of rotatable bonds is 5. The quantitative estimate of drug-likeness (QED) is 0.526. The first-order valence-corrected chi connectivity index (χ1v) is 9.13. The zero-order valence-electron chi connectivity index (χ0n) is 15.1. The second kappa shape index (κ2) is 8.16. The van der Waals surface area contributed by atoms with E-state index in [4.69, 9.17) is 20.8 Å². The molecule has 0 aliphatic rings. The van der Waals surface area contributed by atoms with Gasteiger partial charge in [0.25, 0.3) is 5.91 Å². The van der Waals surface area contributed by atoms with Crippen molar-refractivity contribution in [1.29, 1.82) is 0 Å². The number of aromatic nitrogens is 1. The van der Waals surface area contributed by atoms with Gasteiger partial charge >= 0.3 is 0 Å². The standard InChI is InChI=1S/C22H15ClN2O4/c23-15-6-4-14(5-7-15)18-12-29-19-11-16(8-9-17(19)22(18)27)28-13-21(26)25-20-3-1-2-10-24-20/h1-12H,13H2,(H,24,25,26). The first-order chi connectivity index (χ1) is 14.1. The molecule has 0 aliphatic heterocycles. The summed E-state index contributed by atoms with van der Waals surface area (Å²) in [5.74, 6) is 0.514. The van der Waals surface area contributed by atoms with Crippen molar-refractivity contribution in [1.82, 2.24) is 4.98 Å². The highest BCUT2D eigenvalue weighted by Gasteiger charge is 2.11. The van der Waals surface area contributed by atoms with Crippen molar-refractivity contribution in [3.05, 3.63) is 88.4 Å². The van der Waals surface area contributed by atoms with E-state index in [1.807, 2.05) is 0 Å². The minimum Gasteiger partial charge on any atom is -0.484 e. The molecule has 2 aromatic heterocycles. The maximum Gasteiger partial charge on any atom is 0.263 e. The van der Waals surface area contributed by atoms with Gasteiger partial charge < -0.3 is 14.5 Å². The Balaban J connectivity index is 1.51. The van der Waals surface area contributed by atoms with Gasteiger partial charge in [0, 0.05) is 17.3 Å². The first-order valence-electron chi connectivity index (χ1n) is 8.75. The van der Waals surface area contributed by atoms with E-state index in [9.17, 15) is 9.59 Å². The zero-order chi connectivity index (χ0) is 20.2. The van der Waals surface area contributed by atoms with E-state index in [2.05, 4.69) is 10.3 Å². The molecule has 0 saturated carbocycles. The molecule has 4 rings (SSSR count). The average molecular weight is 407 g/mol. The van der Waals surface area contributed by atoms with Gasteiger partial charge in [0.05, 0.1) is 10.9 Å². The molecular formula is C22H15ClN2O4. The largest absolute Gasteiger partial charge is 0.484 e. The van der Waals surface area contributed by atoms with Crippen LogP contribution in [-0.2, 0) is 4.79 Å². The third-order valence-corrected chi connectivity index (χ3v) is 4.46. The number of ether oxygens (including phenoxy) is 1. The van der Waals surface area contributed by atoms with E-state index in [0.29, 0.717) is 33.1 Å². The number of pyridine rings is 1. The van der Waals surface area contributed by atoms with Crippen molar-refractivity contribution >= 4 is 34.3 Å². The molecule has 0 radical (unpaired) electrons. The van der Waals surface area contributed by atoms with Crippen LogP contribution in [0.25, 0.3) is 22.1 Å². The fourth-order valence-electron chi connectivity index (χ4n) is 2.79. The van der Waals surface area contributed by atoms with E-state index in [-0.39, 0.29) is 17.9 Å². The maximum absolute atomic E-state index is 12.8. The molecule has 1 amide bonds. The number of nitrogens with zero attached hydrogens (tertiary/aromatic N) is 1. The maximum atomic E-state index is 12.8. The third kappa shape index (κ3) is 4.28. The highest BCUT2D eigenvalue weighted by atomic mass is 35.5. The number of carbonyl (C=O) groups is 1. The topological polar surface area (TPSA) is 81.4 Å². The number of benzene rings is 2. The predicted octanol–water partition coefficient (Wildman–Crippen LogP) is 4.53. The summed E-state index contributed by atoms with van der Waals surface area (Å²) < 4.78 is 11.1. The lowest BCUT2D eigenvalue weighted by molar-refractivity contribution is -0.118. The molecule has 144 valence electrons. The minimum atomic E-state index is -0.344. The van der Waals surface area contributed by atoms with Gasteiger partial charge in [-0.1, -0.05) is 29.8 Å². The van der Waals surface area contributed by atoms with Crippen molar-refractivity contribution in [2.24, 2.45) is 0 Å². The average Bonchev–Trinajstić information content (AvgIpc) is 2.74. The van der Waals surface area contributed by atoms with E-state index >= 15 is 0 Å². The Morgan fingerprint density at radius 1 is 1.10 bits per heavy atom. The Morgan fingerprint density at radius 3 is 2.69 bits per heavy atom. The van der Waals surface area contributed by atoms with Crippen LogP contribution < -0.4 is 15.5 Å². The second-order valence-corrected chi connectivity index (χ2v) is 6.63. The lowest BCUT2D eigenvalue weighted by atomic mass is 10.1. The zero-order valence-corrected chi connectivity index (χ0v) is 15.8. The van der Waals surface area contributed by atoms with Gasteiger partial charge in [-0.25, -0.2) is 4.98 Å². The van der Waals surface area contributed by atoms with Gasteiger partial charge in [-0.3, -0.25) is 9.59 Å². The summed E-state index contributed by atoms with van der Waals surface area (Å²) in [6, 6.07) is 17.0. The number of carbonyl (C=O) groups excluding carboxylic acids is 1. The number of hydrogen-bond donors (Lipinski definition) is 1. The Labute approximate surface area is 170 Å². The summed E-state index contributed by atoms with van der Waals surface area (Å²) >= 11 is 5.90. The van der Waals surface area contributed by atoms with Gasteiger partial charge in [-0.05, 0) is 42.0 Å². The van der Waals surface area contributed by atoms with Crippen LogP contribution >= 0.6 is 11.6 Å². The Hall–Kier alpha value is -3.64. The number of hydrogen-bond acceptors (Lipinski definition) is 5. The van der Waals surface area contributed by atoms with Gasteiger partial charge in [0.1, 0.15) is 23.4 Å². The fraction of sp³-hybridized carbons (Fsp3) is 0.0455. The summed E-state index contributed by atoms with van der Waals surface area (Å²) in [6.45, 7) is -0.199. The first kappa shape index (κ1) is 18.7. The summed E-state index contributed by atoms with van der Waals surface area (Å²) in [5, 5.41) is 3.64. The molecule has 2 aromatic carbocycles. The molecule has 29 heavy (non-hydrogen) atoms. The number of amides is 1. The van der Waals surface area contributed by atoms with Crippen molar-refractivity contribution in [2.75, 3.05) is 11.9 Å². The van der Waals surface area contributed by atoms with E-state index in [1.165, 1.54) is 6.26 Å².